The number of anilines is 1. The van der Waals surface area contributed by atoms with Crippen molar-refractivity contribution < 1.29 is 34.0 Å². The van der Waals surface area contributed by atoms with Crippen LogP contribution in [-0.2, 0) is 30.4 Å². The first kappa shape index (κ1) is 26.2. The van der Waals surface area contributed by atoms with Gasteiger partial charge in [0.05, 0.1) is 25.4 Å². The fourth-order valence-electron chi connectivity index (χ4n) is 3.57. The van der Waals surface area contributed by atoms with Gasteiger partial charge in [0, 0.05) is 36.1 Å². The van der Waals surface area contributed by atoms with Crippen LogP contribution in [0.5, 0.6) is 0 Å². The van der Waals surface area contributed by atoms with Crippen LogP contribution in [-0.4, -0.2) is 52.4 Å². The van der Waals surface area contributed by atoms with Gasteiger partial charge in [-0.2, -0.15) is 11.8 Å². The molecule has 1 aliphatic heterocycles. The molecule has 1 amide bonds. The number of benzene rings is 2. The van der Waals surface area contributed by atoms with Gasteiger partial charge in [0.25, 0.3) is 5.91 Å². The molecule has 34 heavy (non-hydrogen) atoms. The van der Waals surface area contributed by atoms with E-state index in [1.165, 1.54) is 13.8 Å². The lowest BCUT2D eigenvalue weighted by Crippen LogP contribution is -2.31. The zero-order chi connectivity index (χ0) is 24.5. The first-order valence-corrected chi connectivity index (χ1v) is 12.3. The molecule has 8 nitrogen and oxygen atoms in total. The van der Waals surface area contributed by atoms with Crippen molar-refractivity contribution in [1.29, 1.82) is 0 Å². The third-order valence-corrected chi connectivity index (χ3v) is 6.40. The number of ether oxygens (including phenoxy) is 3. The van der Waals surface area contributed by atoms with Crippen LogP contribution in [0, 0.1) is 0 Å². The summed E-state index contributed by atoms with van der Waals surface area (Å²) in [6.45, 7) is 2.87. The Morgan fingerprint density at radius 2 is 1.76 bits per heavy atom. The minimum absolute atomic E-state index is 0.0134. The Bertz CT molecular complexity index is 935. The highest BCUT2D eigenvalue weighted by Gasteiger charge is 2.32. The number of amides is 1. The lowest BCUT2D eigenvalue weighted by Gasteiger charge is -2.36. The van der Waals surface area contributed by atoms with Crippen molar-refractivity contribution in [3.8, 4) is 0 Å². The maximum atomic E-state index is 12.2. The number of esters is 1. The molecule has 0 aromatic heterocycles. The Morgan fingerprint density at radius 3 is 2.38 bits per heavy atom. The van der Waals surface area contributed by atoms with Crippen LogP contribution in [0.2, 0.25) is 0 Å². The molecule has 0 aliphatic carbocycles. The third-order valence-electron chi connectivity index (χ3n) is 5.32. The molecule has 1 fully saturated rings. The zero-order valence-corrected chi connectivity index (χ0v) is 20.1. The predicted molar refractivity (Wildman–Crippen MR) is 129 cm³/mol. The second kappa shape index (κ2) is 12.9. The normalized spacial score (nSPS) is 21.0. The monoisotopic (exact) mass is 489 g/mol. The number of nitrogens with one attached hydrogen (secondary N) is 1. The van der Waals surface area contributed by atoms with E-state index in [-0.39, 0.29) is 25.4 Å². The van der Waals surface area contributed by atoms with Gasteiger partial charge < -0.3 is 29.7 Å². The van der Waals surface area contributed by atoms with E-state index < -0.39 is 24.3 Å². The highest BCUT2D eigenvalue weighted by atomic mass is 32.2. The molecule has 2 aromatic carbocycles. The molecule has 184 valence electrons. The van der Waals surface area contributed by atoms with Gasteiger partial charge in [0.1, 0.15) is 0 Å². The molecule has 0 radical (unpaired) electrons. The fourth-order valence-corrected chi connectivity index (χ4v) is 4.35. The summed E-state index contributed by atoms with van der Waals surface area (Å²) in [6, 6.07) is 14.8. The van der Waals surface area contributed by atoms with Crippen molar-refractivity contribution in [1.82, 2.24) is 0 Å². The average molecular weight is 490 g/mol. The van der Waals surface area contributed by atoms with E-state index in [0.717, 1.165) is 22.4 Å². The summed E-state index contributed by atoms with van der Waals surface area (Å²) in [5.74, 6) is 0.437. The molecule has 3 rings (SSSR count). The standard InChI is InChI=1S/C25H31NO7S/c1-16(31-17(2)29)24(30)26-21-9-7-20(8-10-21)25-32-22(15-34-12-11-27)13-23(33-25)19-5-3-18(14-28)4-6-19/h3-10,16,22-23,25,27-28H,11-15H2,1-2H3,(H,26,30). The van der Waals surface area contributed by atoms with Crippen LogP contribution >= 0.6 is 11.8 Å². The highest BCUT2D eigenvalue weighted by molar-refractivity contribution is 7.99. The van der Waals surface area contributed by atoms with Gasteiger partial charge in [-0.05, 0) is 30.2 Å². The van der Waals surface area contributed by atoms with Crippen LogP contribution in [0.15, 0.2) is 48.5 Å². The van der Waals surface area contributed by atoms with Crippen molar-refractivity contribution in [2.45, 2.75) is 51.5 Å². The molecule has 1 heterocycles. The summed E-state index contributed by atoms with van der Waals surface area (Å²) < 4.78 is 17.4. The Labute approximate surface area is 203 Å². The summed E-state index contributed by atoms with van der Waals surface area (Å²) >= 11 is 1.63. The highest BCUT2D eigenvalue weighted by Crippen LogP contribution is 2.39. The van der Waals surface area contributed by atoms with Crippen molar-refractivity contribution in [2.75, 3.05) is 23.4 Å². The van der Waals surface area contributed by atoms with E-state index in [4.69, 9.17) is 19.3 Å². The number of aliphatic hydroxyl groups excluding tert-OH is 2. The van der Waals surface area contributed by atoms with E-state index in [0.29, 0.717) is 17.9 Å². The third kappa shape index (κ3) is 7.54. The van der Waals surface area contributed by atoms with E-state index >= 15 is 0 Å². The topological polar surface area (TPSA) is 114 Å². The largest absolute Gasteiger partial charge is 0.453 e. The molecule has 0 saturated carbocycles. The quantitative estimate of drug-likeness (QED) is 0.344. The molecular formula is C25H31NO7S. The second-order valence-electron chi connectivity index (χ2n) is 8.01. The second-order valence-corrected chi connectivity index (χ2v) is 9.16. The van der Waals surface area contributed by atoms with E-state index in [2.05, 4.69) is 5.32 Å². The van der Waals surface area contributed by atoms with Gasteiger partial charge in [-0.25, -0.2) is 0 Å². The minimum atomic E-state index is -0.891. The molecule has 0 spiro atoms. The number of aliphatic hydroxyl groups is 2. The maximum Gasteiger partial charge on any atom is 0.303 e. The van der Waals surface area contributed by atoms with Gasteiger partial charge >= 0.3 is 5.97 Å². The van der Waals surface area contributed by atoms with Crippen LogP contribution in [0.1, 0.15) is 49.4 Å². The number of carbonyl (C=O) groups is 2. The van der Waals surface area contributed by atoms with E-state index in [9.17, 15) is 14.7 Å². The Hall–Kier alpha value is -2.43. The average Bonchev–Trinajstić information content (AvgIpc) is 2.84. The molecule has 9 heteroatoms. The summed E-state index contributed by atoms with van der Waals surface area (Å²) in [7, 11) is 0. The van der Waals surface area contributed by atoms with E-state index in [1.54, 1.807) is 23.9 Å². The predicted octanol–water partition coefficient (Wildman–Crippen LogP) is 3.34. The first-order chi connectivity index (χ1) is 16.4. The Kier molecular flexibility index (Phi) is 9.91. The lowest BCUT2D eigenvalue weighted by atomic mass is 10.0. The number of hydrogen-bond acceptors (Lipinski definition) is 8. The molecule has 4 unspecified atom stereocenters. The number of thioether (sulfide) groups is 1. The van der Waals surface area contributed by atoms with Gasteiger partial charge in [-0.1, -0.05) is 36.4 Å². The molecule has 3 N–H and O–H groups in total. The smallest absolute Gasteiger partial charge is 0.303 e. The van der Waals surface area contributed by atoms with Gasteiger partial charge in [-0.15, -0.1) is 0 Å². The summed E-state index contributed by atoms with van der Waals surface area (Å²) in [4.78, 5) is 23.2. The van der Waals surface area contributed by atoms with Crippen LogP contribution in [0.25, 0.3) is 0 Å². The molecule has 1 saturated heterocycles. The minimum Gasteiger partial charge on any atom is -0.453 e. The van der Waals surface area contributed by atoms with Crippen molar-refractivity contribution in [2.24, 2.45) is 0 Å². The molecule has 2 aromatic rings. The number of carbonyl (C=O) groups excluding carboxylic acids is 2. The zero-order valence-electron chi connectivity index (χ0n) is 19.3. The maximum absolute atomic E-state index is 12.2. The van der Waals surface area contributed by atoms with Crippen LogP contribution in [0.4, 0.5) is 5.69 Å². The molecule has 1 aliphatic rings. The van der Waals surface area contributed by atoms with Crippen molar-refractivity contribution in [3.05, 3.63) is 65.2 Å². The molecule has 0 bridgehead atoms. The lowest BCUT2D eigenvalue weighted by molar-refractivity contribution is -0.245. The summed E-state index contributed by atoms with van der Waals surface area (Å²) in [6.07, 6.45) is -1.06. The summed E-state index contributed by atoms with van der Waals surface area (Å²) in [5, 5.41) is 21.1. The van der Waals surface area contributed by atoms with Crippen LogP contribution < -0.4 is 5.32 Å². The SMILES string of the molecule is CC(=O)OC(C)C(=O)Nc1ccc(C2OC(CSCCO)CC(c3ccc(CO)cc3)O2)cc1. The number of rotatable bonds is 10. The number of hydrogen-bond donors (Lipinski definition) is 3. The van der Waals surface area contributed by atoms with Gasteiger partial charge in [-0.3, -0.25) is 9.59 Å². The van der Waals surface area contributed by atoms with Gasteiger partial charge in [0.2, 0.25) is 0 Å². The Morgan fingerprint density at radius 1 is 1.09 bits per heavy atom. The molecule has 4 atom stereocenters. The van der Waals surface area contributed by atoms with Crippen molar-refractivity contribution in [3.63, 3.8) is 0 Å². The Balaban J connectivity index is 1.71. The van der Waals surface area contributed by atoms with Crippen molar-refractivity contribution >= 4 is 29.3 Å². The van der Waals surface area contributed by atoms with Crippen LogP contribution in [0.3, 0.4) is 0 Å². The molecular weight excluding hydrogens is 458 g/mol. The first-order valence-electron chi connectivity index (χ1n) is 11.2. The van der Waals surface area contributed by atoms with Gasteiger partial charge in [0.15, 0.2) is 12.4 Å². The summed E-state index contributed by atoms with van der Waals surface area (Å²) in [5.41, 5.74) is 3.21. The fraction of sp³-hybridized carbons (Fsp3) is 0.440. The van der Waals surface area contributed by atoms with E-state index in [1.807, 2.05) is 36.4 Å².